The van der Waals surface area contributed by atoms with Gasteiger partial charge in [0.2, 0.25) is 0 Å². The first-order chi connectivity index (χ1) is 7.41. The number of hydrogen-bond donors (Lipinski definition) is 1. The van der Waals surface area contributed by atoms with Crippen LogP contribution >= 0.6 is 22.6 Å². The Bertz CT molecular complexity index is 164. The van der Waals surface area contributed by atoms with E-state index in [9.17, 15) is 0 Å². The fourth-order valence-electron chi connectivity index (χ4n) is 1.47. The Morgan fingerprint density at radius 2 is 1.40 bits per heavy atom. The Balaban J connectivity index is 2.98. The fourth-order valence-corrected chi connectivity index (χ4v) is 1.71. The van der Waals surface area contributed by atoms with Crippen LogP contribution < -0.4 is 0 Å². The Labute approximate surface area is 108 Å². The molecule has 0 aromatic rings. The molecule has 0 fully saturated rings. The van der Waals surface area contributed by atoms with Crippen molar-refractivity contribution in [2.45, 2.75) is 51.4 Å². The Kier molecular flexibility index (Phi) is 14.3. The number of halogens is 1. The van der Waals surface area contributed by atoms with E-state index >= 15 is 0 Å². The minimum absolute atomic E-state index is 0.356. The van der Waals surface area contributed by atoms with Crippen LogP contribution in [0.5, 0.6) is 0 Å². The molecule has 1 nitrogen and oxygen atoms in total. The molecule has 0 amide bonds. The molecule has 0 spiro atoms. The molecule has 0 saturated carbocycles. The average molecular weight is 322 g/mol. The van der Waals surface area contributed by atoms with Crippen molar-refractivity contribution >= 4 is 22.6 Å². The summed E-state index contributed by atoms with van der Waals surface area (Å²) in [7, 11) is 0. The second-order valence-corrected chi connectivity index (χ2v) is 4.45. The number of aliphatic hydroxyl groups excluding tert-OH is 1. The summed E-state index contributed by atoms with van der Waals surface area (Å²) in [6.45, 7) is 0.356. The average Bonchev–Trinajstić information content (AvgIpc) is 2.26. The highest BCUT2D eigenvalue weighted by atomic mass is 127. The van der Waals surface area contributed by atoms with Crippen LogP contribution in [-0.2, 0) is 0 Å². The molecule has 2 heteroatoms. The van der Waals surface area contributed by atoms with Crippen LogP contribution in [0.25, 0.3) is 0 Å². The van der Waals surface area contributed by atoms with Crippen LogP contribution in [0.3, 0.4) is 0 Å². The molecule has 0 bridgehead atoms. The molecule has 0 heterocycles. The molecule has 0 atom stereocenters. The molecule has 88 valence electrons. The van der Waals surface area contributed by atoms with Crippen LogP contribution in [-0.4, -0.2) is 11.7 Å². The smallest absolute Gasteiger partial charge is 0.0431 e. The lowest BCUT2D eigenvalue weighted by Crippen LogP contribution is -1.83. The van der Waals surface area contributed by atoms with Crippen molar-refractivity contribution in [2.75, 3.05) is 6.61 Å². The molecule has 0 aromatic carbocycles. The molecule has 0 rings (SSSR count). The molecule has 15 heavy (non-hydrogen) atoms. The highest BCUT2D eigenvalue weighted by Crippen LogP contribution is 2.08. The van der Waals surface area contributed by atoms with Gasteiger partial charge in [-0.05, 0) is 23.3 Å². The van der Waals surface area contributed by atoms with Gasteiger partial charge in [0.1, 0.15) is 0 Å². The summed E-state index contributed by atoms with van der Waals surface area (Å²) in [6, 6.07) is 0. The van der Waals surface area contributed by atoms with E-state index in [0.717, 1.165) is 6.42 Å². The van der Waals surface area contributed by atoms with Gasteiger partial charge < -0.3 is 5.11 Å². The Morgan fingerprint density at radius 1 is 0.800 bits per heavy atom. The zero-order valence-corrected chi connectivity index (χ0v) is 11.7. The normalized spacial score (nSPS) is 11.9. The van der Waals surface area contributed by atoms with Crippen molar-refractivity contribution in [1.82, 2.24) is 0 Å². The van der Waals surface area contributed by atoms with Gasteiger partial charge in [-0.25, -0.2) is 0 Å². The van der Waals surface area contributed by atoms with E-state index in [2.05, 4.69) is 40.8 Å². The van der Waals surface area contributed by atoms with Crippen molar-refractivity contribution in [3.8, 4) is 0 Å². The second-order valence-electron chi connectivity index (χ2n) is 3.73. The van der Waals surface area contributed by atoms with E-state index in [4.69, 9.17) is 5.11 Å². The van der Waals surface area contributed by atoms with Gasteiger partial charge in [0, 0.05) is 6.61 Å². The molecule has 0 unspecified atom stereocenters. The predicted molar refractivity (Wildman–Crippen MR) is 76.3 cm³/mol. The van der Waals surface area contributed by atoms with E-state index in [1.165, 1.54) is 44.9 Å². The summed E-state index contributed by atoms with van der Waals surface area (Å²) < 4.78 is 2.02. The lowest BCUT2D eigenvalue weighted by Gasteiger charge is -1.99. The van der Waals surface area contributed by atoms with Crippen molar-refractivity contribution in [2.24, 2.45) is 0 Å². The molecule has 0 saturated heterocycles. The number of rotatable bonds is 10. The Morgan fingerprint density at radius 3 is 2.00 bits per heavy atom. The first-order valence-corrected chi connectivity index (χ1v) is 7.19. The number of unbranched alkanes of at least 4 members (excludes halogenated alkanes) is 7. The first kappa shape index (κ1) is 15.2. The van der Waals surface area contributed by atoms with E-state index in [1.54, 1.807) is 0 Å². The predicted octanol–water partition coefficient (Wildman–Crippen LogP) is 4.60. The third kappa shape index (κ3) is 14.2. The van der Waals surface area contributed by atoms with E-state index in [0.29, 0.717) is 6.61 Å². The highest BCUT2D eigenvalue weighted by Gasteiger charge is 1.90. The maximum Gasteiger partial charge on any atom is 0.0431 e. The van der Waals surface area contributed by atoms with E-state index < -0.39 is 0 Å². The molecule has 0 aliphatic heterocycles. The zero-order valence-electron chi connectivity index (χ0n) is 9.50. The second kappa shape index (κ2) is 14.2. The summed E-state index contributed by atoms with van der Waals surface area (Å²) in [4.78, 5) is 0. The standard InChI is InChI=1S/C13H23IO/c14-12-10-8-6-4-2-1-3-5-7-9-11-13-15/h6,8,10,12,15H,1-5,7,9,11,13H2/b8-6+,12-10+. The SMILES string of the molecule is OCCCCCCCCC/C=C/C=C/I. The summed E-state index contributed by atoms with van der Waals surface area (Å²) in [5.41, 5.74) is 0. The third-order valence-corrected chi connectivity index (χ3v) is 2.76. The topological polar surface area (TPSA) is 20.2 Å². The molecule has 0 aliphatic carbocycles. The van der Waals surface area contributed by atoms with Crippen LogP contribution in [0.1, 0.15) is 51.4 Å². The van der Waals surface area contributed by atoms with Crippen molar-refractivity contribution in [3.63, 3.8) is 0 Å². The van der Waals surface area contributed by atoms with Crippen LogP contribution in [0.15, 0.2) is 22.3 Å². The number of hydrogen-bond acceptors (Lipinski definition) is 1. The summed E-state index contributed by atoms with van der Waals surface area (Å²) in [5, 5.41) is 8.60. The highest BCUT2D eigenvalue weighted by molar-refractivity contribution is 14.1. The third-order valence-electron chi connectivity index (χ3n) is 2.35. The molecule has 1 N–H and O–H groups in total. The van der Waals surface area contributed by atoms with Crippen LogP contribution in [0.2, 0.25) is 0 Å². The Hall–Kier alpha value is 0.170. The van der Waals surface area contributed by atoms with E-state index in [-0.39, 0.29) is 0 Å². The number of allylic oxidation sites excluding steroid dienone is 3. The van der Waals surface area contributed by atoms with Gasteiger partial charge in [-0.15, -0.1) is 0 Å². The van der Waals surface area contributed by atoms with Crippen LogP contribution in [0, 0.1) is 0 Å². The minimum Gasteiger partial charge on any atom is -0.396 e. The summed E-state index contributed by atoms with van der Waals surface area (Å²) in [6.07, 6.45) is 16.4. The summed E-state index contributed by atoms with van der Waals surface area (Å²) in [5.74, 6) is 0. The van der Waals surface area contributed by atoms with Gasteiger partial charge in [0.25, 0.3) is 0 Å². The monoisotopic (exact) mass is 322 g/mol. The first-order valence-electron chi connectivity index (χ1n) is 5.94. The maximum absolute atomic E-state index is 8.60. The van der Waals surface area contributed by atoms with Gasteiger partial charge in [-0.3, -0.25) is 0 Å². The summed E-state index contributed by atoms with van der Waals surface area (Å²) >= 11 is 2.23. The largest absolute Gasteiger partial charge is 0.396 e. The van der Waals surface area contributed by atoms with Crippen molar-refractivity contribution in [1.29, 1.82) is 0 Å². The lowest BCUT2D eigenvalue weighted by molar-refractivity contribution is 0.282. The molecule has 0 aromatic heterocycles. The van der Waals surface area contributed by atoms with Gasteiger partial charge in [0.05, 0.1) is 0 Å². The molecule has 0 radical (unpaired) electrons. The maximum atomic E-state index is 8.60. The van der Waals surface area contributed by atoms with Crippen LogP contribution in [0.4, 0.5) is 0 Å². The number of aliphatic hydroxyl groups is 1. The lowest BCUT2D eigenvalue weighted by atomic mass is 10.1. The van der Waals surface area contributed by atoms with Crippen molar-refractivity contribution in [3.05, 3.63) is 22.3 Å². The molecule has 0 aliphatic rings. The quantitative estimate of drug-likeness (QED) is 0.354. The van der Waals surface area contributed by atoms with Gasteiger partial charge in [-0.2, -0.15) is 0 Å². The van der Waals surface area contributed by atoms with Crippen molar-refractivity contribution < 1.29 is 5.11 Å². The van der Waals surface area contributed by atoms with E-state index in [1.807, 2.05) is 4.08 Å². The minimum atomic E-state index is 0.356. The molecular weight excluding hydrogens is 299 g/mol. The fraction of sp³-hybridized carbons (Fsp3) is 0.692. The zero-order chi connectivity index (χ0) is 11.2. The van der Waals surface area contributed by atoms with Gasteiger partial charge >= 0.3 is 0 Å². The van der Waals surface area contributed by atoms with Gasteiger partial charge in [-0.1, -0.05) is 72.9 Å². The van der Waals surface area contributed by atoms with Gasteiger partial charge in [0.15, 0.2) is 0 Å². The molecular formula is C13H23IO.